The highest BCUT2D eigenvalue weighted by Crippen LogP contribution is 2.30. The maximum atomic E-state index is 14.3. The number of unbranched alkanes of at least 4 members (excludes halogenated alkanes) is 1. The summed E-state index contributed by atoms with van der Waals surface area (Å²) < 4.78 is 5.42. The third-order valence-corrected chi connectivity index (χ3v) is 11.2. The second kappa shape index (κ2) is 21.5. The predicted molar refractivity (Wildman–Crippen MR) is 205 cm³/mol. The van der Waals surface area contributed by atoms with E-state index in [1.807, 2.05) is 42.6 Å². The molecule has 4 rings (SSSR count). The Morgan fingerprint density at radius 1 is 1.00 bits per heavy atom. The van der Waals surface area contributed by atoms with Crippen LogP contribution in [-0.4, -0.2) is 100 Å². The van der Waals surface area contributed by atoms with Crippen LogP contribution >= 0.6 is 11.3 Å². The van der Waals surface area contributed by atoms with Gasteiger partial charge in [-0.05, 0) is 51.0 Å². The van der Waals surface area contributed by atoms with E-state index in [2.05, 4.69) is 20.9 Å². The highest BCUT2D eigenvalue weighted by Gasteiger charge is 2.39. The third-order valence-electron chi connectivity index (χ3n) is 10.6. The molecule has 1 aliphatic heterocycles. The number of carbonyl (C=O) groups is 4. The molecule has 2 fully saturated rings. The van der Waals surface area contributed by atoms with Gasteiger partial charge in [-0.3, -0.25) is 19.2 Å². The summed E-state index contributed by atoms with van der Waals surface area (Å²) in [6, 6.07) is 7.75. The number of hydrogen-bond donors (Lipinski definition) is 5. The van der Waals surface area contributed by atoms with Crippen molar-refractivity contribution in [3.63, 3.8) is 0 Å². The number of aliphatic hydroxyl groups is 2. The van der Waals surface area contributed by atoms with E-state index in [1.54, 1.807) is 24.3 Å². The molecule has 1 saturated carbocycles. The van der Waals surface area contributed by atoms with Crippen LogP contribution in [0.15, 0.2) is 41.2 Å². The number of rotatable bonds is 20. The minimum Gasteiger partial charge on any atom is -0.391 e. The Bertz CT molecular complexity index is 1410. The van der Waals surface area contributed by atoms with Crippen LogP contribution < -0.4 is 16.0 Å². The molecule has 2 aromatic rings. The first-order valence-electron chi connectivity index (χ1n) is 19.5. The Labute approximate surface area is 318 Å². The summed E-state index contributed by atoms with van der Waals surface area (Å²) in [5, 5.41) is 33.6. The molecule has 1 aliphatic carbocycles. The van der Waals surface area contributed by atoms with Crippen LogP contribution in [0.5, 0.6) is 0 Å². The summed E-state index contributed by atoms with van der Waals surface area (Å²) >= 11 is 1.39. The highest BCUT2D eigenvalue weighted by atomic mass is 32.1. The normalized spacial score (nSPS) is 18.3. The lowest BCUT2D eigenvalue weighted by Gasteiger charge is -2.35. The molecule has 4 amide bonds. The molecule has 2 heterocycles. The van der Waals surface area contributed by atoms with Gasteiger partial charge in [0.05, 0.1) is 54.0 Å². The quantitative estimate of drug-likeness (QED) is 0.127. The zero-order valence-corrected chi connectivity index (χ0v) is 32.6. The standard InChI is InChI=1S/C40H61N5O7S/c1-4-5-16-41-38(49)32(40(2,3)51)25-35(46)33(22-29-14-10-7-11-15-29)43-39(50)34(24-31-26-53-27-42-31)44-37(48)30(21-28-12-8-6-9-13-28)23-36(47)45-17-19-52-20-18-45/h6,8-9,12-13,26-27,29-30,32-35,46,51H,4-5,7,10-11,14-25H2,1-3H3,(H,41,49)(H,43,50)(H,44,48)/t30?,32?,33?,34-,35?/m0/s1. The number of nitrogens with zero attached hydrogens (tertiary/aromatic N) is 2. The molecule has 0 radical (unpaired) electrons. The van der Waals surface area contributed by atoms with Gasteiger partial charge in [-0.1, -0.05) is 75.8 Å². The maximum Gasteiger partial charge on any atom is 0.243 e. The van der Waals surface area contributed by atoms with E-state index in [1.165, 1.54) is 11.3 Å². The molecule has 5 N–H and O–H groups in total. The van der Waals surface area contributed by atoms with Crippen molar-refractivity contribution in [2.45, 2.75) is 122 Å². The van der Waals surface area contributed by atoms with Crippen LogP contribution in [0.4, 0.5) is 0 Å². The summed E-state index contributed by atoms with van der Waals surface area (Å²) in [4.78, 5) is 61.2. The second-order valence-corrected chi connectivity index (χ2v) is 16.1. The van der Waals surface area contributed by atoms with Crippen molar-refractivity contribution in [3.05, 3.63) is 52.5 Å². The number of hydrogen-bond acceptors (Lipinski definition) is 9. The Balaban J connectivity index is 1.56. The smallest absolute Gasteiger partial charge is 0.243 e. The summed E-state index contributed by atoms with van der Waals surface area (Å²) in [6.45, 7) is 7.46. The summed E-state index contributed by atoms with van der Waals surface area (Å²) in [6.07, 6.45) is 6.67. The molecule has 1 aromatic carbocycles. The van der Waals surface area contributed by atoms with Crippen molar-refractivity contribution in [1.29, 1.82) is 0 Å². The van der Waals surface area contributed by atoms with Crippen LogP contribution in [0.25, 0.3) is 0 Å². The SMILES string of the molecule is CCCCNC(=O)C(CC(O)C(CC1CCCCC1)NC(=O)[C@H](Cc1cscn1)NC(=O)C(CC(=O)N1CCOCC1)Cc1ccccc1)C(C)(C)O. The number of benzene rings is 1. The molecule has 53 heavy (non-hydrogen) atoms. The van der Waals surface area contributed by atoms with E-state index in [-0.39, 0.29) is 37.0 Å². The molecule has 294 valence electrons. The van der Waals surface area contributed by atoms with Crippen molar-refractivity contribution >= 4 is 35.0 Å². The number of morpholine rings is 1. The minimum atomic E-state index is -1.41. The number of nitrogens with one attached hydrogen (secondary N) is 3. The summed E-state index contributed by atoms with van der Waals surface area (Å²) in [5.41, 5.74) is 1.79. The van der Waals surface area contributed by atoms with E-state index in [9.17, 15) is 29.4 Å². The molecule has 4 unspecified atom stereocenters. The number of ether oxygens (including phenoxy) is 1. The van der Waals surface area contributed by atoms with Crippen molar-refractivity contribution in [1.82, 2.24) is 25.8 Å². The Morgan fingerprint density at radius 3 is 2.36 bits per heavy atom. The largest absolute Gasteiger partial charge is 0.391 e. The fourth-order valence-corrected chi connectivity index (χ4v) is 7.94. The van der Waals surface area contributed by atoms with E-state index in [0.717, 1.165) is 50.5 Å². The Kier molecular flexibility index (Phi) is 17.2. The van der Waals surface area contributed by atoms with Gasteiger partial charge >= 0.3 is 0 Å². The molecular formula is C40H61N5O7S. The first kappa shape index (κ1) is 42.4. The fraction of sp³-hybridized carbons (Fsp3) is 0.675. The lowest BCUT2D eigenvalue weighted by molar-refractivity contribution is -0.140. The number of carbonyl (C=O) groups excluding carboxylic acids is 4. The molecule has 13 heteroatoms. The van der Waals surface area contributed by atoms with Crippen LogP contribution in [-0.2, 0) is 36.8 Å². The van der Waals surface area contributed by atoms with E-state index >= 15 is 0 Å². The molecule has 0 bridgehead atoms. The van der Waals surface area contributed by atoms with E-state index < -0.39 is 47.4 Å². The van der Waals surface area contributed by atoms with Crippen LogP contribution in [0.3, 0.4) is 0 Å². The lowest BCUT2D eigenvalue weighted by Crippen LogP contribution is -2.56. The molecular weight excluding hydrogens is 695 g/mol. The molecule has 12 nitrogen and oxygen atoms in total. The zero-order valence-electron chi connectivity index (χ0n) is 31.8. The maximum absolute atomic E-state index is 14.3. The van der Waals surface area contributed by atoms with Gasteiger partial charge in [0.25, 0.3) is 0 Å². The van der Waals surface area contributed by atoms with Crippen molar-refractivity contribution in [3.8, 4) is 0 Å². The van der Waals surface area contributed by atoms with E-state index in [0.29, 0.717) is 51.4 Å². The van der Waals surface area contributed by atoms with Gasteiger partial charge in [-0.15, -0.1) is 11.3 Å². The van der Waals surface area contributed by atoms with Gasteiger partial charge in [0, 0.05) is 37.9 Å². The molecule has 2 aliphatic rings. The summed E-state index contributed by atoms with van der Waals surface area (Å²) in [5.74, 6) is -2.74. The molecule has 1 aromatic heterocycles. The van der Waals surface area contributed by atoms with Crippen LogP contribution in [0, 0.1) is 17.8 Å². The minimum absolute atomic E-state index is 0.0204. The van der Waals surface area contributed by atoms with Crippen molar-refractivity contribution < 1.29 is 34.1 Å². The first-order chi connectivity index (χ1) is 25.4. The number of aliphatic hydroxyl groups excluding tert-OH is 1. The fourth-order valence-electron chi connectivity index (χ4n) is 7.37. The van der Waals surface area contributed by atoms with Crippen LogP contribution in [0.2, 0.25) is 0 Å². The Morgan fingerprint density at radius 2 is 1.72 bits per heavy atom. The van der Waals surface area contributed by atoms with Gasteiger partial charge in [0.1, 0.15) is 6.04 Å². The average Bonchev–Trinajstić information content (AvgIpc) is 3.67. The third kappa shape index (κ3) is 14.1. The Hall–Kier alpha value is -3.39. The van der Waals surface area contributed by atoms with Gasteiger partial charge in [-0.2, -0.15) is 0 Å². The summed E-state index contributed by atoms with van der Waals surface area (Å²) in [7, 11) is 0. The number of aromatic nitrogens is 1. The topological polar surface area (TPSA) is 170 Å². The van der Waals surface area contributed by atoms with Gasteiger partial charge in [0.2, 0.25) is 23.6 Å². The zero-order chi connectivity index (χ0) is 38.2. The lowest BCUT2D eigenvalue weighted by atomic mass is 9.80. The highest BCUT2D eigenvalue weighted by molar-refractivity contribution is 7.07. The van der Waals surface area contributed by atoms with Crippen LogP contribution in [0.1, 0.15) is 96.2 Å². The van der Waals surface area contributed by atoms with Crippen molar-refractivity contribution in [2.75, 3.05) is 32.8 Å². The molecule has 5 atom stereocenters. The van der Waals surface area contributed by atoms with Gasteiger partial charge in [-0.25, -0.2) is 4.98 Å². The van der Waals surface area contributed by atoms with Crippen molar-refractivity contribution in [2.24, 2.45) is 17.8 Å². The monoisotopic (exact) mass is 755 g/mol. The number of amides is 4. The molecule has 1 saturated heterocycles. The van der Waals surface area contributed by atoms with E-state index in [4.69, 9.17) is 4.74 Å². The predicted octanol–water partition coefficient (Wildman–Crippen LogP) is 3.79. The average molecular weight is 756 g/mol. The van der Waals surface area contributed by atoms with Gasteiger partial charge in [0.15, 0.2) is 0 Å². The number of thiazole rings is 1. The van der Waals surface area contributed by atoms with Gasteiger partial charge < -0.3 is 35.8 Å². The second-order valence-electron chi connectivity index (χ2n) is 15.3. The molecule has 0 spiro atoms. The first-order valence-corrected chi connectivity index (χ1v) is 20.4.